The fourth-order valence-electron chi connectivity index (χ4n) is 1.17. The van der Waals surface area contributed by atoms with Crippen LogP contribution in [0.5, 0.6) is 0 Å². The van der Waals surface area contributed by atoms with E-state index in [0.29, 0.717) is 25.3 Å². The Balaban J connectivity index is 2.50. The first-order valence-electron chi connectivity index (χ1n) is 4.66. The van der Waals surface area contributed by atoms with Crippen LogP contribution in [0, 0.1) is 0 Å². The maximum atomic E-state index is 12.0. The molecule has 4 nitrogen and oxygen atoms in total. The third kappa shape index (κ3) is 4.28. The minimum absolute atomic E-state index is 0.131. The van der Waals surface area contributed by atoms with E-state index in [-0.39, 0.29) is 6.42 Å². The molecule has 0 saturated heterocycles. The lowest BCUT2D eigenvalue weighted by Gasteiger charge is -2.07. The van der Waals surface area contributed by atoms with Crippen LogP contribution in [0.4, 0.5) is 13.2 Å². The van der Waals surface area contributed by atoms with Crippen molar-refractivity contribution in [3.05, 3.63) is 12.2 Å². The van der Waals surface area contributed by atoms with Gasteiger partial charge in [0, 0.05) is 13.0 Å². The van der Waals surface area contributed by atoms with Gasteiger partial charge in [0.2, 0.25) is 0 Å². The van der Waals surface area contributed by atoms with Crippen molar-refractivity contribution >= 4 is 0 Å². The molecule has 7 heteroatoms. The summed E-state index contributed by atoms with van der Waals surface area (Å²) in [5, 5.41) is 7.22. The molecule has 0 bridgehead atoms. The zero-order valence-corrected chi connectivity index (χ0v) is 8.17. The lowest BCUT2D eigenvalue weighted by molar-refractivity contribution is -0.134. The van der Waals surface area contributed by atoms with Gasteiger partial charge in [0.1, 0.15) is 12.2 Å². The average Bonchev–Trinajstić information content (AvgIpc) is 2.57. The minimum atomic E-state index is -4.15. The highest BCUT2D eigenvalue weighted by atomic mass is 19.4. The Labute approximate surface area is 85.3 Å². The number of rotatable bonds is 5. The van der Waals surface area contributed by atoms with Gasteiger partial charge in [-0.3, -0.25) is 0 Å². The normalized spacial score (nSPS) is 12.0. The number of nitrogens with zero attached hydrogens (tertiary/aromatic N) is 3. The number of alkyl halides is 3. The molecule has 0 fully saturated rings. The quantitative estimate of drug-likeness (QED) is 0.812. The summed E-state index contributed by atoms with van der Waals surface area (Å²) < 4.78 is 37.5. The van der Waals surface area contributed by atoms with E-state index in [9.17, 15) is 13.2 Å². The van der Waals surface area contributed by atoms with E-state index in [1.807, 2.05) is 0 Å². The zero-order chi connectivity index (χ0) is 11.3. The van der Waals surface area contributed by atoms with Crippen molar-refractivity contribution in [3.63, 3.8) is 0 Å². The first kappa shape index (κ1) is 12.0. The fourth-order valence-corrected chi connectivity index (χ4v) is 1.17. The molecule has 15 heavy (non-hydrogen) atoms. The smallest absolute Gasteiger partial charge is 0.330 e. The van der Waals surface area contributed by atoms with Gasteiger partial charge in [0.15, 0.2) is 0 Å². The molecule has 0 aromatic carbocycles. The molecule has 0 radical (unpaired) electrons. The van der Waals surface area contributed by atoms with Crippen LogP contribution in [0.2, 0.25) is 0 Å². The van der Waals surface area contributed by atoms with Gasteiger partial charge < -0.3 is 10.3 Å². The average molecular weight is 222 g/mol. The predicted octanol–water partition coefficient (Wildman–Crippen LogP) is 1.12. The summed E-state index contributed by atoms with van der Waals surface area (Å²) in [6.45, 7) is 1.06. The zero-order valence-electron chi connectivity index (χ0n) is 8.17. The van der Waals surface area contributed by atoms with E-state index < -0.39 is 12.6 Å². The maximum absolute atomic E-state index is 12.0. The van der Waals surface area contributed by atoms with E-state index in [4.69, 9.17) is 5.73 Å². The van der Waals surface area contributed by atoms with Crippen LogP contribution in [0.3, 0.4) is 0 Å². The van der Waals surface area contributed by atoms with Gasteiger partial charge in [-0.05, 0) is 13.0 Å². The summed E-state index contributed by atoms with van der Waals surface area (Å²) in [6, 6.07) is 0. The Morgan fingerprint density at radius 1 is 1.40 bits per heavy atom. The summed E-state index contributed by atoms with van der Waals surface area (Å²) in [5.41, 5.74) is 5.30. The van der Waals surface area contributed by atoms with E-state index in [0.717, 1.165) is 0 Å². The molecule has 1 heterocycles. The van der Waals surface area contributed by atoms with Crippen molar-refractivity contribution in [1.29, 1.82) is 0 Å². The first-order valence-corrected chi connectivity index (χ1v) is 4.66. The first-order chi connectivity index (χ1) is 7.03. The van der Waals surface area contributed by atoms with Crippen molar-refractivity contribution in [1.82, 2.24) is 14.8 Å². The molecule has 0 atom stereocenters. The molecule has 1 aromatic rings. The van der Waals surface area contributed by atoms with Crippen LogP contribution >= 0.6 is 0 Å². The monoisotopic (exact) mass is 222 g/mol. The van der Waals surface area contributed by atoms with E-state index in [1.165, 1.54) is 6.33 Å². The van der Waals surface area contributed by atoms with Gasteiger partial charge >= 0.3 is 6.18 Å². The summed E-state index contributed by atoms with van der Waals surface area (Å²) in [5.74, 6) is 0.362. The lowest BCUT2D eigenvalue weighted by atomic mass is 10.3. The Bertz CT molecular complexity index is 294. The largest absolute Gasteiger partial charge is 0.389 e. The van der Waals surface area contributed by atoms with E-state index in [2.05, 4.69) is 10.2 Å². The standard InChI is InChI=1S/C8H13F3N4/c9-8(10,11)3-2-7-14-13-6-15(7)5-1-4-12/h6H,1-5,12H2. The Morgan fingerprint density at radius 3 is 2.73 bits per heavy atom. The molecule has 86 valence electrons. The highest BCUT2D eigenvalue weighted by Crippen LogP contribution is 2.21. The number of hydrogen-bond acceptors (Lipinski definition) is 3. The molecule has 0 aliphatic rings. The van der Waals surface area contributed by atoms with Crippen molar-refractivity contribution in [2.75, 3.05) is 6.54 Å². The molecular formula is C8H13F3N4. The second kappa shape index (κ2) is 5.11. The molecule has 0 spiro atoms. The highest BCUT2D eigenvalue weighted by molar-refractivity contribution is 4.86. The van der Waals surface area contributed by atoms with Crippen LogP contribution < -0.4 is 5.73 Å². The molecular weight excluding hydrogens is 209 g/mol. The molecule has 1 aromatic heterocycles. The molecule has 0 unspecified atom stereocenters. The number of aromatic nitrogens is 3. The molecule has 1 rings (SSSR count). The predicted molar refractivity (Wildman–Crippen MR) is 48.1 cm³/mol. The van der Waals surface area contributed by atoms with Crippen molar-refractivity contribution in [2.45, 2.75) is 32.0 Å². The Hall–Kier alpha value is -1.11. The van der Waals surface area contributed by atoms with Crippen molar-refractivity contribution in [2.24, 2.45) is 5.73 Å². The number of nitrogens with two attached hydrogens (primary N) is 1. The van der Waals surface area contributed by atoms with Crippen LogP contribution in [0.25, 0.3) is 0 Å². The minimum Gasteiger partial charge on any atom is -0.330 e. The number of aryl methyl sites for hydroxylation is 2. The second-order valence-electron chi connectivity index (χ2n) is 3.20. The fraction of sp³-hybridized carbons (Fsp3) is 0.750. The van der Waals surface area contributed by atoms with Crippen LogP contribution in [0.1, 0.15) is 18.7 Å². The summed E-state index contributed by atoms with van der Waals surface area (Å²) in [7, 11) is 0. The SMILES string of the molecule is NCCCn1cnnc1CCC(F)(F)F. The Morgan fingerprint density at radius 2 is 2.13 bits per heavy atom. The van der Waals surface area contributed by atoms with Gasteiger partial charge in [0.25, 0.3) is 0 Å². The van der Waals surface area contributed by atoms with Gasteiger partial charge in [-0.2, -0.15) is 13.2 Å². The van der Waals surface area contributed by atoms with Gasteiger partial charge in [-0.1, -0.05) is 0 Å². The van der Waals surface area contributed by atoms with Gasteiger partial charge in [-0.15, -0.1) is 10.2 Å². The third-order valence-corrected chi connectivity index (χ3v) is 1.93. The third-order valence-electron chi connectivity index (χ3n) is 1.93. The number of hydrogen-bond donors (Lipinski definition) is 1. The second-order valence-corrected chi connectivity index (χ2v) is 3.20. The summed E-state index contributed by atoms with van der Waals surface area (Å²) in [6.07, 6.45) is -3.01. The Kier molecular flexibility index (Phi) is 4.07. The molecule has 2 N–H and O–H groups in total. The van der Waals surface area contributed by atoms with Gasteiger partial charge in [0.05, 0.1) is 6.42 Å². The summed E-state index contributed by atoms with van der Waals surface area (Å²) in [4.78, 5) is 0. The van der Waals surface area contributed by atoms with E-state index >= 15 is 0 Å². The maximum Gasteiger partial charge on any atom is 0.389 e. The molecule has 0 aliphatic heterocycles. The molecule has 0 aliphatic carbocycles. The lowest BCUT2D eigenvalue weighted by Crippen LogP contribution is -2.13. The van der Waals surface area contributed by atoms with Gasteiger partial charge in [-0.25, -0.2) is 0 Å². The van der Waals surface area contributed by atoms with Crippen LogP contribution in [-0.2, 0) is 13.0 Å². The van der Waals surface area contributed by atoms with E-state index in [1.54, 1.807) is 4.57 Å². The molecule has 0 saturated carbocycles. The van der Waals surface area contributed by atoms with Crippen LogP contribution in [-0.4, -0.2) is 27.5 Å². The van der Waals surface area contributed by atoms with Crippen molar-refractivity contribution in [3.8, 4) is 0 Å². The van der Waals surface area contributed by atoms with Crippen molar-refractivity contribution < 1.29 is 13.2 Å². The van der Waals surface area contributed by atoms with Crippen LogP contribution in [0.15, 0.2) is 6.33 Å². The number of halogens is 3. The topological polar surface area (TPSA) is 56.7 Å². The molecule has 0 amide bonds. The summed E-state index contributed by atoms with van der Waals surface area (Å²) >= 11 is 0. The highest BCUT2D eigenvalue weighted by Gasteiger charge is 2.27.